The molecule has 0 saturated carbocycles. The minimum absolute atomic E-state index is 0.214. The molecule has 0 amide bonds. The monoisotopic (exact) mass is 499 g/mol. The Labute approximate surface area is 170 Å². The zero-order chi connectivity index (χ0) is 19.5. The normalized spacial score (nSPS) is 11.5. The van der Waals surface area contributed by atoms with Gasteiger partial charge in [-0.25, -0.2) is 8.42 Å². The zero-order valence-electron chi connectivity index (χ0n) is 15.5. The minimum Gasteiger partial charge on any atom is -0.497 e. The molecule has 0 aliphatic rings. The maximum Gasteiger partial charge on any atom is 0.275 e. The highest BCUT2D eigenvalue weighted by Crippen LogP contribution is 2.31. The molecule has 2 rings (SSSR count). The van der Waals surface area contributed by atoms with E-state index in [1.54, 1.807) is 43.5 Å². The first-order valence-electron chi connectivity index (χ1n) is 8.03. The standard InChI is InChI=1S/C19H22INO3SSi/c1-15-6-9-17(10-7-15)25(22,23)21(12-13-26(3,4)5)19-14-16(24-2)8-11-18(19)20/h6-11,14H,1-5H3. The molecule has 0 aromatic heterocycles. The van der Waals surface area contributed by atoms with Crippen molar-refractivity contribution in [3.8, 4) is 17.3 Å². The summed E-state index contributed by atoms with van der Waals surface area (Å²) in [6.07, 6.45) is 0. The Hall–Kier alpha value is -1.50. The lowest BCUT2D eigenvalue weighted by Gasteiger charge is -2.21. The van der Waals surface area contributed by atoms with E-state index < -0.39 is 18.1 Å². The second kappa shape index (κ2) is 8.02. The Balaban J connectivity index is 2.68. The van der Waals surface area contributed by atoms with Crippen LogP contribution < -0.4 is 9.04 Å². The Kier molecular flexibility index (Phi) is 6.42. The molecule has 2 aromatic rings. The molecule has 0 heterocycles. The summed E-state index contributed by atoms with van der Waals surface area (Å²) < 4.78 is 33.9. The number of hydrogen-bond donors (Lipinski definition) is 0. The van der Waals surface area contributed by atoms with Gasteiger partial charge in [0.15, 0.2) is 0 Å². The van der Waals surface area contributed by atoms with Crippen LogP contribution in [0.15, 0.2) is 47.4 Å². The molecule has 0 fully saturated rings. The highest BCUT2D eigenvalue weighted by molar-refractivity contribution is 14.1. The van der Waals surface area contributed by atoms with Crippen LogP contribution in [0.1, 0.15) is 5.56 Å². The first-order chi connectivity index (χ1) is 12.0. The molecule has 138 valence electrons. The molecule has 7 heteroatoms. The Morgan fingerprint density at radius 1 is 1.08 bits per heavy atom. The second-order valence-corrected chi connectivity index (χ2v) is 14.6. The molecule has 0 aliphatic carbocycles. The third kappa shape index (κ3) is 5.02. The van der Waals surface area contributed by atoms with Crippen molar-refractivity contribution in [2.75, 3.05) is 11.4 Å². The van der Waals surface area contributed by atoms with Gasteiger partial charge in [0.25, 0.3) is 10.0 Å². The van der Waals surface area contributed by atoms with Gasteiger partial charge in [0.2, 0.25) is 0 Å². The molecule has 0 saturated heterocycles. The number of sulfonamides is 1. The molecule has 26 heavy (non-hydrogen) atoms. The van der Waals surface area contributed by atoms with E-state index in [0.29, 0.717) is 11.4 Å². The minimum atomic E-state index is -3.82. The summed E-state index contributed by atoms with van der Waals surface area (Å²) in [6.45, 7) is 8.15. The van der Waals surface area contributed by atoms with Gasteiger partial charge in [0.1, 0.15) is 13.8 Å². The number of anilines is 1. The van der Waals surface area contributed by atoms with Crippen molar-refractivity contribution >= 4 is 46.4 Å². The molecule has 2 aromatic carbocycles. The maximum atomic E-state index is 13.3. The van der Waals surface area contributed by atoms with Crippen molar-refractivity contribution in [3.05, 3.63) is 51.6 Å². The van der Waals surface area contributed by atoms with Crippen molar-refractivity contribution < 1.29 is 13.2 Å². The number of rotatable bonds is 4. The van der Waals surface area contributed by atoms with Gasteiger partial charge in [-0.05, 0) is 53.8 Å². The van der Waals surface area contributed by atoms with E-state index in [9.17, 15) is 8.42 Å². The molecule has 0 N–H and O–H groups in total. The molecule has 0 radical (unpaired) electrons. The maximum absolute atomic E-state index is 13.3. The Bertz CT molecular complexity index is 955. The summed E-state index contributed by atoms with van der Waals surface area (Å²) in [6, 6.07) is 15.0. The van der Waals surface area contributed by atoms with E-state index in [-0.39, 0.29) is 4.90 Å². The van der Waals surface area contributed by atoms with Crippen molar-refractivity contribution in [1.82, 2.24) is 0 Å². The lowest BCUT2D eigenvalue weighted by atomic mass is 10.2. The van der Waals surface area contributed by atoms with E-state index in [4.69, 9.17) is 4.74 Å². The van der Waals surface area contributed by atoms with Crippen LogP contribution >= 0.6 is 22.6 Å². The number of nitrogens with zero attached hydrogens (tertiary/aromatic N) is 1. The van der Waals surface area contributed by atoms with Crippen LogP contribution in [0.2, 0.25) is 19.6 Å². The van der Waals surface area contributed by atoms with E-state index in [0.717, 1.165) is 9.13 Å². The average Bonchev–Trinajstić information content (AvgIpc) is 2.55. The van der Waals surface area contributed by atoms with Crippen molar-refractivity contribution in [3.63, 3.8) is 0 Å². The van der Waals surface area contributed by atoms with Crippen LogP contribution in [-0.4, -0.2) is 23.6 Å². The van der Waals surface area contributed by atoms with E-state index in [2.05, 4.69) is 53.8 Å². The van der Waals surface area contributed by atoms with Crippen LogP contribution in [0.3, 0.4) is 0 Å². The van der Waals surface area contributed by atoms with E-state index in [1.165, 1.54) is 4.31 Å². The summed E-state index contributed by atoms with van der Waals surface area (Å²) in [7, 11) is -4.05. The number of aryl methyl sites for hydroxylation is 1. The topological polar surface area (TPSA) is 46.6 Å². The van der Waals surface area contributed by atoms with Gasteiger partial charge in [-0.15, -0.1) is 5.54 Å². The smallest absolute Gasteiger partial charge is 0.275 e. The largest absolute Gasteiger partial charge is 0.497 e. The van der Waals surface area contributed by atoms with Gasteiger partial charge < -0.3 is 4.74 Å². The predicted octanol–water partition coefficient (Wildman–Crippen LogP) is 4.64. The van der Waals surface area contributed by atoms with Crippen molar-refractivity contribution in [2.24, 2.45) is 0 Å². The zero-order valence-corrected chi connectivity index (χ0v) is 19.5. The fourth-order valence-electron chi connectivity index (χ4n) is 2.06. The lowest BCUT2D eigenvalue weighted by molar-refractivity contribution is 0.415. The third-order valence-corrected chi connectivity index (χ3v) is 6.87. The van der Waals surface area contributed by atoms with Crippen LogP contribution in [0.5, 0.6) is 5.75 Å². The Morgan fingerprint density at radius 3 is 2.23 bits per heavy atom. The van der Waals surface area contributed by atoms with Crippen molar-refractivity contribution in [2.45, 2.75) is 31.5 Å². The predicted molar refractivity (Wildman–Crippen MR) is 118 cm³/mol. The molecule has 0 unspecified atom stereocenters. The summed E-state index contributed by atoms with van der Waals surface area (Å²) in [5, 5.41) is 0. The van der Waals surface area contributed by atoms with E-state index in [1.807, 2.05) is 13.0 Å². The molecule has 0 atom stereocenters. The fourth-order valence-corrected chi connectivity index (χ4v) is 4.59. The molecule has 4 nitrogen and oxygen atoms in total. The molecule has 0 aliphatic heterocycles. The number of halogens is 1. The van der Waals surface area contributed by atoms with Crippen molar-refractivity contribution in [1.29, 1.82) is 0 Å². The number of hydrogen-bond acceptors (Lipinski definition) is 3. The van der Waals surface area contributed by atoms with Crippen LogP contribution in [0.25, 0.3) is 0 Å². The summed E-state index contributed by atoms with van der Waals surface area (Å²) in [4.78, 5) is 0.214. The Morgan fingerprint density at radius 2 is 1.69 bits per heavy atom. The second-order valence-electron chi connectivity index (χ2n) is 6.89. The number of benzene rings is 2. The quantitative estimate of drug-likeness (QED) is 0.267. The van der Waals surface area contributed by atoms with Crippen LogP contribution in [0.4, 0.5) is 5.69 Å². The van der Waals surface area contributed by atoms with Gasteiger partial charge >= 0.3 is 0 Å². The summed E-state index contributed by atoms with van der Waals surface area (Å²) >= 11 is 2.12. The highest BCUT2D eigenvalue weighted by atomic mass is 127. The van der Waals surface area contributed by atoms with Crippen LogP contribution in [-0.2, 0) is 10.0 Å². The number of methoxy groups -OCH3 is 1. The van der Waals surface area contributed by atoms with Gasteiger partial charge in [0, 0.05) is 15.7 Å². The molecular weight excluding hydrogens is 477 g/mol. The molecule has 0 bridgehead atoms. The summed E-state index contributed by atoms with van der Waals surface area (Å²) in [5.74, 6) is 0.583. The SMILES string of the molecule is COc1ccc(I)c(N(C#C[Si](C)(C)C)S(=O)(=O)c2ccc(C)cc2)c1. The van der Waals surface area contributed by atoms with E-state index >= 15 is 0 Å². The third-order valence-electron chi connectivity index (χ3n) is 3.46. The fraction of sp³-hybridized carbons (Fsp3) is 0.263. The number of ether oxygens (including phenoxy) is 1. The van der Waals surface area contributed by atoms with Gasteiger partial charge in [-0.3, -0.25) is 0 Å². The average molecular weight is 499 g/mol. The lowest BCUT2D eigenvalue weighted by Crippen LogP contribution is -2.28. The molecular formula is C19H22INO3SSi. The van der Waals surface area contributed by atoms with Crippen LogP contribution in [0, 0.1) is 22.1 Å². The highest BCUT2D eigenvalue weighted by Gasteiger charge is 2.26. The first kappa shape index (κ1) is 20.8. The van der Waals surface area contributed by atoms with Gasteiger partial charge in [0.05, 0.1) is 17.7 Å². The molecule has 0 spiro atoms. The van der Waals surface area contributed by atoms with Gasteiger partial charge in [-0.1, -0.05) is 37.3 Å². The summed E-state index contributed by atoms with van der Waals surface area (Å²) in [5.41, 5.74) is 4.66. The van der Waals surface area contributed by atoms with Gasteiger partial charge in [-0.2, -0.15) is 4.31 Å². The first-order valence-corrected chi connectivity index (χ1v) is 14.0.